The van der Waals surface area contributed by atoms with E-state index >= 15 is 0 Å². The van der Waals surface area contributed by atoms with Crippen molar-refractivity contribution in [2.75, 3.05) is 31.5 Å². The first-order chi connectivity index (χ1) is 11.5. The normalized spacial score (nSPS) is 19.8. The number of carbonyl (C=O) groups is 1. The van der Waals surface area contributed by atoms with Crippen molar-refractivity contribution in [2.45, 2.75) is 18.6 Å². The zero-order chi connectivity index (χ0) is 17.5. The number of alkyl halides is 1. The summed E-state index contributed by atoms with van der Waals surface area (Å²) in [5.74, 6) is 0.174. The van der Waals surface area contributed by atoms with Crippen LogP contribution in [0.25, 0.3) is 0 Å². The number of nitro groups is 1. The van der Waals surface area contributed by atoms with Crippen LogP contribution in [0, 0.1) is 21.4 Å². The minimum atomic E-state index is -1.14. The van der Waals surface area contributed by atoms with Crippen LogP contribution in [-0.2, 0) is 4.79 Å². The number of halogens is 1. The van der Waals surface area contributed by atoms with Crippen molar-refractivity contribution >= 4 is 17.4 Å². The zero-order valence-electron chi connectivity index (χ0n) is 12.8. The Hall–Kier alpha value is -2.80. The van der Waals surface area contributed by atoms with E-state index in [2.05, 4.69) is 15.6 Å². The number of hydrogen-bond donors (Lipinski definition) is 2. The monoisotopic (exact) mass is 336 g/mol. The van der Waals surface area contributed by atoms with E-state index in [1.165, 1.54) is 17.0 Å². The zero-order valence-corrected chi connectivity index (χ0v) is 12.8. The van der Waals surface area contributed by atoms with E-state index in [1.807, 2.05) is 6.07 Å². The molecule has 0 aromatic carbocycles. The number of carbonyl (C=O) groups excluding carboxylic acids is 1. The molecule has 2 N–H and O–H groups in total. The lowest BCUT2D eigenvalue weighted by molar-refractivity contribution is -0.385. The number of nitrogens with zero attached hydrogens (tertiary/aromatic N) is 4. The lowest BCUT2D eigenvalue weighted by Crippen LogP contribution is -2.41. The largest absolute Gasteiger partial charge is 0.369 e. The number of anilines is 1. The molecule has 0 saturated carbocycles. The smallest absolute Gasteiger partial charge is 0.287 e. The van der Waals surface area contributed by atoms with Crippen molar-refractivity contribution in [1.29, 1.82) is 5.26 Å². The van der Waals surface area contributed by atoms with Crippen LogP contribution in [0.3, 0.4) is 0 Å². The molecule has 1 amide bonds. The molecule has 9 nitrogen and oxygen atoms in total. The van der Waals surface area contributed by atoms with Crippen LogP contribution in [0.1, 0.15) is 6.42 Å². The summed E-state index contributed by atoms with van der Waals surface area (Å²) in [6.07, 6.45) is 0.0750. The molecule has 10 heteroatoms. The molecule has 0 radical (unpaired) electrons. The van der Waals surface area contributed by atoms with Gasteiger partial charge in [-0.3, -0.25) is 14.9 Å². The Morgan fingerprint density at radius 1 is 1.54 bits per heavy atom. The molecule has 2 rings (SSSR count). The predicted molar refractivity (Wildman–Crippen MR) is 82.9 cm³/mol. The van der Waals surface area contributed by atoms with E-state index in [0.29, 0.717) is 18.9 Å². The quantitative estimate of drug-likeness (QED) is 0.421. The van der Waals surface area contributed by atoms with Crippen LogP contribution in [0.15, 0.2) is 18.3 Å². The number of amides is 1. The molecule has 2 atom stereocenters. The van der Waals surface area contributed by atoms with Crippen molar-refractivity contribution in [1.82, 2.24) is 15.2 Å². The Kier molecular flexibility index (Phi) is 5.97. The van der Waals surface area contributed by atoms with Crippen molar-refractivity contribution in [3.8, 4) is 6.07 Å². The van der Waals surface area contributed by atoms with Gasteiger partial charge >= 0.3 is 0 Å². The summed E-state index contributed by atoms with van der Waals surface area (Å²) in [4.78, 5) is 27.1. The van der Waals surface area contributed by atoms with Crippen molar-refractivity contribution in [3.05, 3.63) is 28.4 Å². The number of aromatic nitrogens is 1. The number of pyridine rings is 1. The molecule has 0 spiro atoms. The van der Waals surface area contributed by atoms with Gasteiger partial charge in [0.25, 0.3) is 5.69 Å². The van der Waals surface area contributed by atoms with E-state index in [0.717, 1.165) is 6.20 Å². The van der Waals surface area contributed by atoms with Crippen LogP contribution >= 0.6 is 0 Å². The number of nitriles is 1. The lowest BCUT2D eigenvalue weighted by atomic mass is 10.2. The summed E-state index contributed by atoms with van der Waals surface area (Å²) in [5, 5.41) is 25.3. The standard InChI is InChI=1S/C14H17FN6O3/c15-10-5-12(6-16)20(9-10)14(22)8-17-3-4-18-13-2-1-11(7-19-13)21(23)24/h1-2,7,10,12,17H,3-5,8-9H2,(H,18,19)/t10-,12-/m0/s1. The molecule has 0 unspecified atom stereocenters. The van der Waals surface area contributed by atoms with Gasteiger partial charge in [-0.25, -0.2) is 9.37 Å². The van der Waals surface area contributed by atoms with Crippen molar-refractivity contribution < 1.29 is 14.1 Å². The summed E-state index contributed by atoms with van der Waals surface area (Å²) in [5.41, 5.74) is -0.0897. The summed E-state index contributed by atoms with van der Waals surface area (Å²) >= 11 is 0. The molecular formula is C14H17FN6O3. The first-order valence-corrected chi connectivity index (χ1v) is 7.39. The van der Waals surface area contributed by atoms with E-state index in [1.54, 1.807) is 0 Å². The molecule has 1 aromatic rings. The molecule has 1 fully saturated rings. The van der Waals surface area contributed by atoms with Gasteiger partial charge in [0, 0.05) is 25.6 Å². The fraction of sp³-hybridized carbons (Fsp3) is 0.500. The van der Waals surface area contributed by atoms with E-state index < -0.39 is 17.1 Å². The average Bonchev–Trinajstić information content (AvgIpc) is 2.96. The van der Waals surface area contributed by atoms with Crippen LogP contribution in [-0.4, -0.2) is 59.1 Å². The Morgan fingerprint density at radius 2 is 2.33 bits per heavy atom. The minimum absolute atomic E-state index is 0.0142. The highest BCUT2D eigenvalue weighted by atomic mass is 19.1. The predicted octanol–water partition coefficient (Wildman–Crippen LogP) is 0.454. The van der Waals surface area contributed by atoms with Crippen molar-refractivity contribution in [2.24, 2.45) is 0 Å². The average molecular weight is 336 g/mol. The first-order valence-electron chi connectivity index (χ1n) is 7.39. The van der Waals surface area contributed by atoms with Gasteiger partial charge in [0.1, 0.15) is 24.2 Å². The Morgan fingerprint density at radius 3 is 2.96 bits per heavy atom. The van der Waals surface area contributed by atoms with Crippen LogP contribution in [0.5, 0.6) is 0 Å². The molecular weight excluding hydrogens is 319 g/mol. The third-order valence-electron chi connectivity index (χ3n) is 3.56. The summed E-state index contributed by atoms with van der Waals surface area (Å²) in [6, 6.07) is 4.07. The Labute approximate surface area is 137 Å². The van der Waals surface area contributed by atoms with Gasteiger partial charge in [-0.05, 0) is 6.07 Å². The van der Waals surface area contributed by atoms with Crippen LogP contribution in [0.2, 0.25) is 0 Å². The fourth-order valence-corrected chi connectivity index (χ4v) is 2.36. The lowest BCUT2D eigenvalue weighted by Gasteiger charge is -2.19. The molecule has 2 heterocycles. The second kappa shape index (κ2) is 8.16. The summed E-state index contributed by atoms with van der Waals surface area (Å²) in [7, 11) is 0. The highest BCUT2D eigenvalue weighted by Gasteiger charge is 2.34. The third-order valence-corrected chi connectivity index (χ3v) is 3.56. The first kappa shape index (κ1) is 17.6. The second-order valence-corrected chi connectivity index (χ2v) is 5.29. The highest BCUT2D eigenvalue weighted by molar-refractivity contribution is 5.79. The molecule has 1 aliphatic rings. The van der Waals surface area contributed by atoms with Gasteiger partial charge in [0.15, 0.2) is 0 Å². The minimum Gasteiger partial charge on any atom is -0.369 e. The highest BCUT2D eigenvalue weighted by Crippen LogP contribution is 2.19. The number of hydrogen-bond acceptors (Lipinski definition) is 7. The van der Waals surface area contributed by atoms with Gasteiger partial charge in [-0.15, -0.1) is 0 Å². The third kappa shape index (κ3) is 4.60. The maximum Gasteiger partial charge on any atom is 0.287 e. The van der Waals surface area contributed by atoms with Crippen LogP contribution in [0.4, 0.5) is 15.9 Å². The topological polar surface area (TPSA) is 124 Å². The second-order valence-electron chi connectivity index (χ2n) is 5.29. The molecule has 1 aromatic heterocycles. The fourth-order valence-electron chi connectivity index (χ4n) is 2.36. The van der Waals surface area contributed by atoms with Crippen LogP contribution < -0.4 is 10.6 Å². The van der Waals surface area contributed by atoms with E-state index in [9.17, 15) is 19.3 Å². The van der Waals surface area contributed by atoms with Gasteiger partial charge in [-0.1, -0.05) is 0 Å². The maximum atomic E-state index is 13.3. The summed E-state index contributed by atoms with van der Waals surface area (Å²) < 4.78 is 13.3. The molecule has 1 aliphatic heterocycles. The molecule has 128 valence electrons. The number of likely N-dealkylation sites (tertiary alicyclic amines) is 1. The summed E-state index contributed by atoms with van der Waals surface area (Å²) in [6.45, 7) is 0.865. The maximum absolute atomic E-state index is 13.3. The van der Waals surface area contributed by atoms with Crippen molar-refractivity contribution in [3.63, 3.8) is 0 Å². The molecule has 1 saturated heterocycles. The van der Waals surface area contributed by atoms with Gasteiger partial charge in [0.05, 0.1) is 24.1 Å². The molecule has 0 bridgehead atoms. The Bertz CT molecular complexity index is 632. The van der Waals surface area contributed by atoms with Gasteiger partial charge in [0.2, 0.25) is 5.91 Å². The van der Waals surface area contributed by atoms with E-state index in [-0.39, 0.29) is 31.1 Å². The number of nitrogens with one attached hydrogen (secondary N) is 2. The van der Waals surface area contributed by atoms with Gasteiger partial charge < -0.3 is 15.5 Å². The van der Waals surface area contributed by atoms with Gasteiger partial charge in [-0.2, -0.15) is 5.26 Å². The molecule has 24 heavy (non-hydrogen) atoms. The molecule has 0 aliphatic carbocycles. The van der Waals surface area contributed by atoms with E-state index in [4.69, 9.17) is 5.26 Å². The number of rotatable bonds is 7. The SMILES string of the molecule is N#C[C@@H]1C[C@H](F)CN1C(=O)CNCCNc1ccc([N+](=O)[O-])cn1. The Balaban J connectivity index is 1.67.